The Morgan fingerprint density at radius 1 is 1.54 bits per heavy atom. The predicted molar refractivity (Wildman–Crippen MR) is 51.1 cm³/mol. The molecule has 2 aromatic rings. The number of aromatic nitrogens is 2. The summed E-state index contributed by atoms with van der Waals surface area (Å²) in [7, 11) is 0. The lowest BCUT2D eigenvalue weighted by Crippen LogP contribution is -1.90. The highest BCUT2D eigenvalue weighted by Crippen LogP contribution is 2.14. The van der Waals surface area contributed by atoms with Crippen LogP contribution in [0.3, 0.4) is 0 Å². The van der Waals surface area contributed by atoms with Crippen LogP contribution in [0.4, 0.5) is 0 Å². The molecule has 0 aliphatic heterocycles. The van der Waals surface area contributed by atoms with Crippen molar-refractivity contribution in [3.8, 4) is 0 Å². The van der Waals surface area contributed by atoms with Crippen LogP contribution >= 0.6 is 0 Å². The average Bonchev–Trinajstić information content (AvgIpc) is 2.49. The summed E-state index contributed by atoms with van der Waals surface area (Å²) in [5.41, 5.74) is 3.18. The summed E-state index contributed by atoms with van der Waals surface area (Å²) in [6.45, 7) is 9.17. The quantitative estimate of drug-likeness (QED) is 0.603. The van der Waals surface area contributed by atoms with E-state index < -0.39 is 0 Å². The van der Waals surface area contributed by atoms with Crippen LogP contribution in [-0.2, 0) is 6.67 Å². The van der Waals surface area contributed by atoms with E-state index in [4.69, 9.17) is 6.57 Å². The van der Waals surface area contributed by atoms with Gasteiger partial charge in [-0.2, -0.15) is 0 Å². The zero-order valence-corrected chi connectivity index (χ0v) is 7.36. The fourth-order valence-corrected chi connectivity index (χ4v) is 1.36. The van der Waals surface area contributed by atoms with Crippen LogP contribution in [0.2, 0.25) is 0 Å². The van der Waals surface area contributed by atoms with E-state index in [-0.39, 0.29) is 0 Å². The first kappa shape index (κ1) is 7.81. The van der Waals surface area contributed by atoms with Crippen LogP contribution in [0.25, 0.3) is 15.9 Å². The highest BCUT2D eigenvalue weighted by Gasteiger charge is 2.02. The molecule has 0 aliphatic carbocycles. The fourth-order valence-electron chi connectivity index (χ4n) is 1.36. The number of benzene rings is 1. The molecule has 0 N–H and O–H groups in total. The van der Waals surface area contributed by atoms with Crippen molar-refractivity contribution in [2.45, 2.75) is 13.6 Å². The van der Waals surface area contributed by atoms with Crippen molar-refractivity contribution in [3.05, 3.63) is 41.5 Å². The average molecular weight is 171 g/mol. The molecule has 2 rings (SSSR count). The molecule has 0 amide bonds. The van der Waals surface area contributed by atoms with Crippen LogP contribution in [0.5, 0.6) is 0 Å². The Balaban J connectivity index is 2.66. The highest BCUT2D eigenvalue weighted by atomic mass is 15.1. The van der Waals surface area contributed by atoms with Gasteiger partial charge in [-0.1, -0.05) is 6.07 Å². The molecule has 0 spiro atoms. The molecule has 0 atom stereocenters. The molecule has 3 nitrogen and oxygen atoms in total. The molecule has 0 fully saturated rings. The molecular formula is C10H9N3. The zero-order valence-electron chi connectivity index (χ0n) is 7.36. The number of fused-ring (bicyclic) bond motifs is 1. The molecule has 0 saturated heterocycles. The van der Waals surface area contributed by atoms with Gasteiger partial charge in [0.15, 0.2) is 0 Å². The molecule has 13 heavy (non-hydrogen) atoms. The third-order valence-corrected chi connectivity index (χ3v) is 2.00. The topological polar surface area (TPSA) is 22.2 Å². The minimum absolute atomic E-state index is 0.347. The maximum absolute atomic E-state index is 6.78. The maximum atomic E-state index is 6.78. The van der Waals surface area contributed by atoms with Crippen molar-refractivity contribution >= 4 is 11.0 Å². The van der Waals surface area contributed by atoms with E-state index in [0.717, 1.165) is 11.0 Å². The minimum atomic E-state index is 0.347. The molecule has 0 radical (unpaired) electrons. The van der Waals surface area contributed by atoms with Crippen LogP contribution < -0.4 is 0 Å². The van der Waals surface area contributed by atoms with Crippen molar-refractivity contribution in [2.75, 3.05) is 0 Å². The predicted octanol–water partition coefficient (Wildman–Crippen LogP) is 2.22. The summed E-state index contributed by atoms with van der Waals surface area (Å²) in [6, 6.07) is 6.05. The van der Waals surface area contributed by atoms with Gasteiger partial charge in [0.1, 0.15) is 6.33 Å². The normalized spacial score (nSPS) is 10.2. The summed E-state index contributed by atoms with van der Waals surface area (Å²) in [4.78, 5) is 7.53. The largest absolute Gasteiger partial charge is 0.294 e. The molecule has 0 bridgehead atoms. The van der Waals surface area contributed by atoms with E-state index >= 15 is 0 Å². The second kappa shape index (κ2) is 2.91. The van der Waals surface area contributed by atoms with Gasteiger partial charge in [-0.25, -0.2) is 11.6 Å². The third kappa shape index (κ3) is 1.27. The molecule has 1 aromatic heterocycles. The second-order valence-electron chi connectivity index (χ2n) is 3.01. The summed E-state index contributed by atoms with van der Waals surface area (Å²) in [5.74, 6) is 0. The van der Waals surface area contributed by atoms with Gasteiger partial charge in [0.05, 0.1) is 11.0 Å². The number of nitrogens with zero attached hydrogens (tertiary/aromatic N) is 3. The first-order chi connectivity index (χ1) is 6.31. The number of hydrogen-bond acceptors (Lipinski definition) is 1. The summed E-state index contributed by atoms with van der Waals surface area (Å²) >= 11 is 0. The maximum Gasteiger partial charge on any atom is 0.294 e. The van der Waals surface area contributed by atoms with E-state index in [9.17, 15) is 0 Å². The summed E-state index contributed by atoms with van der Waals surface area (Å²) < 4.78 is 1.86. The Kier molecular flexibility index (Phi) is 1.75. The SMILES string of the molecule is [C-]#[N+]Cn1cnc2ccc(C)cc21. The Hall–Kier alpha value is -1.82. The van der Waals surface area contributed by atoms with E-state index in [0.29, 0.717) is 6.67 Å². The highest BCUT2D eigenvalue weighted by molar-refractivity contribution is 5.75. The molecule has 1 aromatic carbocycles. The smallest absolute Gasteiger partial charge is 0.293 e. The van der Waals surface area contributed by atoms with Crippen LogP contribution in [0, 0.1) is 13.5 Å². The van der Waals surface area contributed by atoms with Crippen molar-refractivity contribution in [1.82, 2.24) is 9.55 Å². The first-order valence-corrected chi connectivity index (χ1v) is 4.06. The fraction of sp³-hybridized carbons (Fsp3) is 0.200. The molecule has 3 heteroatoms. The summed E-state index contributed by atoms with van der Waals surface area (Å²) in [5, 5.41) is 0. The number of imidazole rings is 1. The minimum Gasteiger partial charge on any atom is -0.293 e. The van der Waals surface area contributed by atoms with E-state index in [1.165, 1.54) is 5.56 Å². The second-order valence-corrected chi connectivity index (χ2v) is 3.01. The van der Waals surface area contributed by atoms with Gasteiger partial charge in [-0.05, 0) is 24.6 Å². The van der Waals surface area contributed by atoms with Crippen molar-refractivity contribution in [3.63, 3.8) is 0 Å². The van der Waals surface area contributed by atoms with Crippen molar-refractivity contribution < 1.29 is 0 Å². The van der Waals surface area contributed by atoms with E-state index in [1.54, 1.807) is 6.33 Å². The molecule has 64 valence electrons. The lowest BCUT2D eigenvalue weighted by Gasteiger charge is -1.95. The summed E-state index contributed by atoms with van der Waals surface area (Å²) in [6.07, 6.45) is 1.71. The molecule has 0 aliphatic rings. The van der Waals surface area contributed by atoms with Gasteiger partial charge in [0.25, 0.3) is 6.67 Å². The lowest BCUT2D eigenvalue weighted by atomic mass is 10.2. The molecular weight excluding hydrogens is 162 g/mol. The standard InChI is InChI=1S/C10H9N3/c1-8-3-4-9-10(5-8)13(6-11-2)7-12-9/h3-5,7H,6H2,1H3. The zero-order chi connectivity index (χ0) is 9.26. The molecule has 0 unspecified atom stereocenters. The van der Waals surface area contributed by atoms with Crippen LogP contribution in [0.15, 0.2) is 24.5 Å². The molecule has 0 saturated carbocycles. The van der Waals surface area contributed by atoms with Crippen LogP contribution in [0.1, 0.15) is 5.56 Å². The Bertz CT molecular complexity index is 476. The van der Waals surface area contributed by atoms with Gasteiger partial charge >= 0.3 is 0 Å². The third-order valence-electron chi connectivity index (χ3n) is 2.00. The Labute approximate surface area is 76.4 Å². The van der Waals surface area contributed by atoms with E-state index in [1.807, 2.05) is 29.7 Å². The van der Waals surface area contributed by atoms with Crippen molar-refractivity contribution in [1.29, 1.82) is 0 Å². The molecule has 1 heterocycles. The Morgan fingerprint density at radius 2 is 2.38 bits per heavy atom. The van der Waals surface area contributed by atoms with Gasteiger partial charge in [0, 0.05) is 0 Å². The van der Waals surface area contributed by atoms with Crippen molar-refractivity contribution in [2.24, 2.45) is 0 Å². The van der Waals surface area contributed by atoms with Gasteiger partial charge in [0.2, 0.25) is 0 Å². The Morgan fingerprint density at radius 3 is 3.15 bits per heavy atom. The number of aryl methyl sites for hydroxylation is 1. The van der Waals surface area contributed by atoms with Crippen LogP contribution in [-0.4, -0.2) is 9.55 Å². The van der Waals surface area contributed by atoms with Gasteiger partial charge in [-0.15, -0.1) is 0 Å². The monoisotopic (exact) mass is 171 g/mol. The van der Waals surface area contributed by atoms with Gasteiger partial charge in [-0.3, -0.25) is 9.41 Å². The van der Waals surface area contributed by atoms with E-state index in [2.05, 4.69) is 9.83 Å². The number of rotatable bonds is 1. The first-order valence-electron chi connectivity index (χ1n) is 4.06. The van der Waals surface area contributed by atoms with Gasteiger partial charge < -0.3 is 0 Å². The number of hydrogen-bond donors (Lipinski definition) is 0. The lowest BCUT2D eigenvalue weighted by molar-refractivity contribution is 0.845.